The van der Waals surface area contributed by atoms with Gasteiger partial charge in [-0.25, -0.2) is 18.3 Å². The van der Waals surface area contributed by atoms with Gasteiger partial charge in [0.2, 0.25) is 0 Å². The number of nitrogens with one attached hydrogen (secondary N) is 1. The maximum atomic E-state index is 13.2. The number of benzene rings is 1. The molecule has 0 saturated carbocycles. The first-order valence-corrected chi connectivity index (χ1v) is 8.55. The number of nitrogens with zero attached hydrogens (tertiary/aromatic N) is 6. The molecule has 0 aliphatic carbocycles. The molecule has 3 aromatic rings. The molecule has 0 bridgehead atoms. The lowest BCUT2D eigenvalue weighted by molar-refractivity contribution is 0.150. The average Bonchev–Trinajstić information content (AvgIpc) is 3.10. The molecule has 10 heteroatoms. The highest BCUT2D eigenvalue weighted by Gasteiger charge is 2.25. The van der Waals surface area contributed by atoms with Crippen LogP contribution < -0.4 is 10.5 Å². The van der Waals surface area contributed by atoms with Crippen molar-refractivity contribution < 1.29 is 8.78 Å². The van der Waals surface area contributed by atoms with E-state index in [2.05, 4.69) is 25.4 Å². The summed E-state index contributed by atoms with van der Waals surface area (Å²) in [5, 5.41) is 14.3. The number of aromatic nitrogens is 5. The first-order valence-electron chi connectivity index (χ1n) is 8.55. The minimum Gasteiger partial charge on any atom is -0.372 e. The van der Waals surface area contributed by atoms with Crippen LogP contribution in [0.4, 0.5) is 20.2 Å². The van der Waals surface area contributed by atoms with Gasteiger partial charge in [0.05, 0.1) is 37.2 Å². The smallest absolute Gasteiger partial charge is 0.275 e. The van der Waals surface area contributed by atoms with Crippen LogP contribution in [0.1, 0.15) is 28.9 Å². The van der Waals surface area contributed by atoms with Crippen LogP contribution in [-0.4, -0.2) is 31.7 Å². The molecule has 0 unspecified atom stereocenters. The van der Waals surface area contributed by atoms with Crippen LogP contribution in [0.15, 0.2) is 35.3 Å². The minimum absolute atomic E-state index is 0.0135. The van der Waals surface area contributed by atoms with E-state index in [-0.39, 0.29) is 17.8 Å². The summed E-state index contributed by atoms with van der Waals surface area (Å²) in [7, 11) is 0. The fourth-order valence-electron chi connectivity index (χ4n) is 3.37. The molecule has 1 aliphatic rings. The molecule has 8 nitrogen and oxygen atoms in total. The molecular formula is C18H15F2N7O. The minimum atomic E-state index is -2.55. The molecule has 3 heterocycles. The molecule has 1 aliphatic heterocycles. The van der Waals surface area contributed by atoms with E-state index in [9.17, 15) is 13.6 Å². The Morgan fingerprint density at radius 3 is 2.93 bits per heavy atom. The van der Waals surface area contributed by atoms with Crippen molar-refractivity contribution in [3.8, 4) is 0 Å². The molecule has 0 radical (unpaired) electrons. The van der Waals surface area contributed by atoms with E-state index in [1.165, 1.54) is 12.3 Å². The highest BCUT2D eigenvalue weighted by atomic mass is 19.3. The summed E-state index contributed by atoms with van der Waals surface area (Å²) in [5.41, 5.74) is 1.94. The number of anilines is 1. The molecule has 0 spiro atoms. The molecule has 0 atom stereocenters. The van der Waals surface area contributed by atoms with Crippen molar-refractivity contribution in [1.29, 1.82) is 0 Å². The Labute approximate surface area is 158 Å². The van der Waals surface area contributed by atoms with Crippen molar-refractivity contribution in [2.24, 2.45) is 0 Å². The second-order valence-corrected chi connectivity index (χ2v) is 6.36. The fraction of sp³-hybridized carbons (Fsp3) is 0.278. The van der Waals surface area contributed by atoms with Crippen molar-refractivity contribution in [1.82, 2.24) is 25.2 Å². The van der Waals surface area contributed by atoms with Gasteiger partial charge in [0, 0.05) is 18.5 Å². The monoisotopic (exact) mass is 383 g/mol. The van der Waals surface area contributed by atoms with E-state index >= 15 is 0 Å². The van der Waals surface area contributed by atoms with Gasteiger partial charge in [0.1, 0.15) is 5.69 Å². The van der Waals surface area contributed by atoms with Crippen LogP contribution in [-0.2, 0) is 19.5 Å². The van der Waals surface area contributed by atoms with E-state index in [0.29, 0.717) is 36.5 Å². The molecule has 0 fully saturated rings. The van der Waals surface area contributed by atoms with Gasteiger partial charge in [-0.1, -0.05) is 29.5 Å². The number of hydrogen-bond acceptors (Lipinski definition) is 5. The third kappa shape index (κ3) is 3.11. The topological polar surface area (TPSA) is 84.1 Å². The molecule has 1 aromatic carbocycles. The Morgan fingerprint density at radius 1 is 1.32 bits per heavy atom. The van der Waals surface area contributed by atoms with Gasteiger partial charge in [0.15, 0.2) is 0 Å². The van der Waals surface area contributed by atoms with E-state index < -0.39 is 12.0 Å². The summed E-state index contributed by atoms with van der Waals surface area (Å²) in [5.74, 6) is 0. The van der Waals surface area contributed by atoms with Crippen molar-refractivity contribution >= 4 is 11.4 Å². The lowest BCUT2D eigenvalue weighted by Crippen LogP contribution is -2.32. The summed E-state index contributed by atoms with van der Waals surface area (Å²) in [6, 6.07) is 6.38. The summed E-state index contributed by atoms with van der Waals surface area (Å²) in [6.07, 6.45) is -0.547. The number of alkyl halides is 2. The molecule has 28 heavy (non-hydrogen) atoms. The Bertz CT molecular complexity index is 1120. The zero-order chi connectivity index (χ0) is 19.7. The van der Waals surface area contributed by atoms with Gasteiger partial charge in [-0.3, -0.25) is 9.89 Å². The lowest BCUT2D eigenvalue weighted by Gasteiger charge is -2.28. The first kappa shape index (κ1) is 17.8. The number of halogens is 2. The Hall–Kier alpha value is -3.61. The molecular weight excluding hydrogens is 368 g/mol. The zero-order valence-electron chi connectivity index (χ0n) is 14.6. The number of H-pyrrole nitrogens is 1. The quantitative estimate of drug-likeness (QED) is 0.700. The van der Waals surface area contributed by atoms with E-state index in [1.807, 2.05) is 4.90 Å². The van der Waals surface area contributed by atoms with E-state index in [4.69, 9.17) is 6.57 Å². The molecule has 4 rings (SSSR count). The second kappa shape index (κ2) is 7.19. The second-order valence-electron chi connectivity index (χ2n) is 6.36. The Morgan fingerprint density at radius 2 is 2.14 bits per heavy atom. The van der Waals surface area contributed by atoms with Crippen LogP contribution in [0.25, 0.3) is 4.85 Å². The number of hydrogen-bond donors (Lipinski definition) is 1. The SMILES string of the molecule is [C-]#[N+]c1c(N2CCc3c(nnn3Cc3ccccc3C(F)F)C2)cn[nH]c1=O. The standard InChI is InChI=1S/C18H15F2N7O/c1-21-16-15(8-22-24-18(16)28)26-7-6-14-13(10-26)23-25-27(14)9-11-4-2-3-5-12(11)17(19)20/h2-5,8,17H,6-7,9-10H2,(H,24,28). The van der Waals surface area contributed by atoms with Crippen LogP contribution >= 0.6 is 0 Å². The van der Waals surface area contributed by atoms with E-state index in [0.717, 1.165) is 5.69 Å². The summed E-state index contributed by atoms with van der Waals surface area (Å²) in [4.78, 5) is 17.0. The van der Waals surface area contributed by atoms with Gasteiger partial charge in [0.25, 0.3) is 17.7 Å². The predicted octanol–water partition coefficient (Wildman–Crippen LogP) is 2.46. The van der Waals surface area contributed by atoms with Gasteiger partial charge in [-0.05, 0) is 5.56 Å². The van der Waals surface area contributed by atoms with Crippen LogP contribution in [0.2, 0.25) is 0 Å². The van der Waals surface area contributed by atoms with Crippen molar-refractivity contribution in [2.45, 2.75) is 25.9 Å². The fourth-order valence-corrected chi connectivity index (χ4v) is 3.37. The summed E-state index contributed by atoms with van der Waals surface area (Å²) < 4.78 is 28.1. The Balaban J connectivity index is 1.61. The van der Waals surface area contributed by atoms with Crippen LogP contribution in [0, 0.1) is 6.57 Å². The molecule has 142 valence electrons. The van der Waals surface area contributed by atoms with Crippen molar-refractivity contribution in [3.63, 3.8) is 0 Å². The van der Waals surface area contributed by atoms with Gasteiger partial charge in [-0.2, -0.15) is 5.10 Å². The Kier molecular flexibility index (Phi) is 4.57. The molecule has 0 saturated heterocycles. The van der Waals surface area contributed by atoms with Crippen molar-refractivity contribution in [2.75, 3.05) is 11.4 Å². The lowest BCUT2D eigenvalue weighted by atomic mass is 10.1. The van der Waals surface area contributed by atoms with Crippen LogP contribution in [0.5, 0.6) is 0 Å². The largest absolute Gasteiger partial charge is 0.372 e. The maximum absolute atomic E-state index is 13.2. The predicted molar refractivity (Wildman–Crippen MR) is 96.4 cm³/mol. The molecule has 2 aromatic heterocycles. The third-order valence-corrected chi connectivity index (χ3v) is 4.75. The summed E-state index contributed by atoms with van der Waals surface area (Å²) in [6.45, 7) is 8.33. The van der Waals surface area contributed by atoms with Crippen molar-refractivity contribution in [3.05, 3.63) is 74.7 Å². The van der Waals surface area contributed by atoms with E-state index in [1.54, 1.807) is 22.9 Å². The molecule has 1 N–H and O–H groups in total. The maximum Gasteiger partial charge on any atom is 0.275 e. The highest BCUT2D eigenvalue weighted by molar-refractivity contribution is 5.68. The van der Waals surface area contributed by atoms with Gasteiger partial charge in [-0.15, -0.1) is 5.10 Å². The van der Waals surface area contributed by atoms with Gasteiger partial charge >= 0.3 is 0 Å². The van der Waals surface area contributed by atoms with Crippen LogP contribution in [0.3, 0.4) is 0 Å². The van der Waals surface area contributed by atoms with Gasteiger partial charge < -0.3 is 4.90 Å². The number of rotatable bonds is 4. The highest BCUT2D eigenvalue weighted by Crippen LogP contribution is 2.29. The number of aromatic amines is 1. The first-order chi connectivity index (χ1) is 13.6. The number of fused-ring (bicyclic) bond motifs is 1. The normalized spacial score (nSPS) is 13.4. The molecule has 0 amide bonds. The zero-order valence-corrected chi connectivity index (χ0v) is 14.6. The average molecular weight is 383 g/mol. The third-order valence-electron chi connectivity index (χ3n) is 4.75. The summed E-state index contributed by atoms with van der Waals surface area (Å²) >= 11 is 0.